The topological polar surface area (TPSA) is 242 Å². The third-order valence-corrected chi connectivity index (χ3v) is 7.97. The van der Waals surface area contributed by atoms with Gasteiger partial charge < -0.3 is 64.5 Å². The van der Waals surface area contributed by atoms with Crippen molar-refractivity contribution in [2.75, 3.05) is 13.2 Å². The number of carbonyl (C=O) groups excluding carboxylic acids is 2. The maximum absolute atomic E-state index is 12.6. The molecule has 0 aliphatic carbocycles. The normalized spacial score (nSPS) is 35.9. The summed E-state index contributed by atoms with van der Waals surface area (Å²) in [6.45, 7) is 5.96. The highest BCUT2D eigenvalue weighted by molar-refractivity contribution is 5.73. The Hall–Kier alpha value is -1.50. The number of aliphatic hydroxyl groups excluding tert-OH is 8. The van der Waals surface area contributed by atoms with Crippen molar-refractivity contribution in [1.82, 2.24) is 0 Å². The Bertz CT molecular complexity index is 779. The van der Waals surface area contributed by atoms with Crippen LogP contribution in [0.2, 0.25) is 0 Å². The van der Waals surface area contributed by atoms with Gasteiger partial charge >= 0.3 is 11.9 Å². The van der Waals surface area contributed by atoms with Crippen LogP contribution in [0.1, 0.15) is 66.2 Å². The molecule has 0 aromatic rings. The third-order valence-electron chi connectivity index (χ3n) is 7.97. The molecular weight excluding hydrogens is 576 g/mol. The van der Waals surface area contributed by atoms with Gasteiger partial charge in [0.25, 0.3) is 0 Å². The van der Waals surface area contributed by atoms with Crippen LogP contribution in [-0.4, -0.2) is 140 Å². The molecule has 8 unspecified atom stereocenters. The second-order valence-electron chi connectivity index (χ2n) is 11.2. The number of rotatable bonds is 16. The van der Waals surface area contributed by atoms with Crippen molar-refractivity contribution in [1.29, 1.82) is 0 Å². The molecule has 43 heavy (non-hydrogen) atoms. The molecule has 2 fully saturated rings. The van der Waals surface area contributed by atoms with Gasteiger partial charge in [0, 0.05) is 0 Å². The molecule has 2 rings (SSSR count). The second-order valence-corrected chi connectivity index (χ2v) is 11.2. The van der Waals surface area contributed by atoms with Crippen molar-refractivity contribution in [2.24, 2.45) is 11.8 Å². The van der Waals surface area contributed by atoms with E-state index in [1.54, 1.807) is 13.8 Å². The van der Waals surface area contributed by atoms with Gasteiger partial charge in [0.1, 0.15) is 62.0 Å². The molecule has 8 N–H and O–H groups in total. The lowest BCUT2D eigenvalue weighted by Gasteiger charge is -2.44. The predicted molar refractivity (Wildman–Crippen MR) is 146 cm³/mol. The van der Waals surface area contributed by atoms with Crippen LogP contribution in [-0.2, 0) is 33.3 Å². The minimum Gasteiger partial charge on any atom is -0.463 e. The highest BCUT2D eigenvalue weighted by atomic mass is 16.8. The van der Waals surface area contributed by atoms with E-state index in [4.69, 9.17) is 23.7 Å². The Balaban J connectivity index is 2.07. The summed E-state index contributed by atoms with van der Waals surface area (Å²) >= 11 is 0. The molecule has 2 saturated heterocycles. The standard InChI is InChI=1S/C28H50O15/c1-5-9-15(29)13(7-3)25(37)39-11-17-19(31)21(33)23(35)27(41-17)43-28-24(36)22(34)20(32)18(42-28)12-40-26(38)14(8-4)16(30)10-6-2/h13-24,27-36H,5-12H2,1-4H3/t13?,14?,15?,16?,17?,18?,19-,20-,21+,22+,23?,24?,27-,28+/m1/s1. The molecule has 2 aliphatic rings. The van der Waals surface area contributed by atoms with E-state index in [1.165, 1.54) is 0 Å². The first kappa shape index (κ1) is 37.7. The largest absolute Gasteiger partial charge is 0.463 e. The maximum Gasteiger partial charge on any atom is 0.311 e. The lowest BCUT2D eigenvalue weighted by atomic mass is 9.96. The first-order valence-corrected chi connectivity index (χ1v) is 15.1. The van der Waals surface area contributed by atoms with E-state index in [0.717, 1.165) is 0 Å². The molecule has 0 aromatic carbocycles. The van der Waals surface area contributed by atoms with E-state index >= 15 is 0 Å². The van der Waals surface area contributed by atoms with Gasteiger partial charge in [-0.3, -0.25) is 9.59 Å². The molecule has 2 heterocycles. The van der Waals surface area contributed by atoms with Crippen LogP contribution in [0.3, 0.4) is 0 Å². The quantitative estimate of drug-likeness (QED) is 0.0871. The van der Waals surface area contributed by atoms with E-state index in [-0.39, 0.29) is 0 Å². The SMILES string of the molecule is CCCC(O)C(CC)C(=O)OCC1O[C@H](O[C@@H]2OC(COC(=O)C(CC)C(O)CCC)[C@@H](O)[C@H](O)C2O)C(O)[C@@H](O)[C@@H]1O. The Morgan fingerprint density at radius 3 is 1.26 bits per heavy atom. The van der Waals surface area contributed by atoms with Gasteiger partial charge in [0.2, 0.25) is 0 Å². The summed E-state index contributed by atoms with van der Waals surface area (Å²) in [6, 6.07) is 0. The Morgan fingerprint density at radius 2 is 0.953 bits per heavy atom. The first-order valence-electron chi connectivity index (χ1n) is 15.1. The first-order chi connectivity index (χ1) is 20.3. The van der Waals surface area contributed by atoms with Crippen LogP contribution in [0.15, 0.2) is 0 Å². The number of ether oxygens (including phenoxy) is 5. The maximum atomic E-state index is 12.6. The summed E-state index contributed by atoms with van der Waals surface area (Å²) in [6.07, 6.45) is -16.5. The zero-order valence-corrected chi connectivity index (χ0v) is 25.2. The van der Waals surface area contributed by atoms with Gasteiger partial charge in [-0.2, -0.15) is 0 Å². The summed E-state index contributed by atoms with van der Waals surface area (Å²) in [5.41, 5.74) is 0. The van der Waals surface area contributed by atoms with E-state index in [1.807, 2.05) is 13.8 Å². The van der Waals surface area contributed by atoms with Crippen molar-refractivity contribution >= 4 is 11.9 Å². The molecule has 2 aliphatic heterocycles. The van der Waals surface area contributed by atoms with Crippen LogP contribution in [0.5, 0.6) is 0 Å². The number of aliphatic hydroxyl groups is 8. The highest BCUT2D eigenvalue weighted by Crippen LogP contribution is 2.29. The van der Waals surface area contributed by atoms with Crippen molar-refractivity contribution in [3.8, 4) is 0 Å². The van der Waals surface area contributed by atoms with Crippen molar-refractivity contribution in [3.05, 3.63) is 0 Å². The summed E-state index contributed by atoms with van der Waals surface area (Å²) in [7, 11) is 0. The Labute approximate surface area is 251 Å². The molecule has 0 radical (unpaired) electrons. The zero-order chi connectivity index (χ0) is 32.4. The molecule has 14 atom stereocenters. The average molecular weight is 627 g/mol. The van der Waals surface area contributed by atoms with Gasteiger partial charge in [0.15, 0.2) is 12.6 Å². The van der Waals surface area contributed by atoms with E-state index in [2.05, 4.69) is 0 Å². The third kappa shape index (κ3) is 9.74. The monoisotopic (exact) mass is 626 g/mol. The summed E-state index contributed by atoms with van der Waals surface area (Å²) in [5.74, 6) is -3.14. The molecule has 15 heteroatoms. The van der Waals surface area contributed by atoms with Gasteiger partial charge in [0.05, 0.1) is 24.0 Å². The molecule has 0 aromatic heterocycles. The van der Waals surface area contributed by atoms with Crippen LogP contribution in [0.4, 0.5) is 0 Å². The number of hydrogen-bond donors (Lipinski definition) is 8. The van der Waals surface area contributed by atoms with Crippen molar-refractivity contribution in [2.45, 2.75) is 140 Å². The van der Waals surface area contributed by atoms with E-state index in [0.29, 0.717) is 38.5 Å². The molecule has 0 spiro atoms. The summed E-state index contributed by atoms with van der Waals surface area (Å²) in [5, 5.41) is 83.0. The zero-order valence-electron chi connectivity index (χ0n) is 25.2. The lowest BCUT2D eigenvalue weighted by Crippen LogP contribution is -2.64. The lowest BCUT2D eigenvalue weighted by molar-refractivity contribution is -0.376. The van der Waals surface area contributed by atoms with Crippen LogP contribution in [0.25, 0.3) is 0 Å². The Kier molecular flexibility index (Phi) is 15.6. The van der Waals surface area contributed by atoms with Gasteiger partial charge in [-0.1, -0.05) is 40.5 Å². The molecule has 0 bridgehead atoms. The molecule has 15 nitrogen and oxygen atoms in total. The molecule has 0 amide bonds. The number of carbonyl (C=O) groups is 2. The summed E-state index contributed by atoms with van der Waals surface area (Å²) in [4.78, 5) is 25.1. The number of hydrogen-bond acceptors (Lipinski definition) is 15. The summed E-state index contributed by atoms with van der Waals surface area (Å²) < 4.78 is 27.0. The predicted octanol–water partition coefficient (Wildman–Crippen LogP) is -1.92. The van der Waals surface area contributed by atoms with Crippen LogP contribution >= 0.6 is 0 Å². The fraction of sp³-hybridized carbons (Fsp3) is 0.929. The fourth-order valence-corrected chi connectivity index (χ4v) is 5.19. The van der Waals surface area contributed by atoms with Gasteiger partial charge in [-0.15, -0.1) is 0 Å². The van der Waals surface area contributed by atoms with Gasteiger partial charge in [-0.05, 0) is 25.7 Å². The Morgan fingerprint density at radius 1 is 0.605 bits per heavy atom. The van der Waals surface area contributed by atoms with Gasteiger partial charge in [-0.25, -0.2) is 0 Å². The van der Waals surface area contributed by atoms with E-state index < -0.39 is 111 Å². The average Bonchev–Trinajstić information content (AvgIpc) is 2.97. The van der Waals surface area contributed by atoms with E-state index in [9.17, 15) is 50.4 Å². The molecule has 252 valence electrons. The fourth-order valence-electron chi connectivity index (χ4n) is 5.19. The van der Waals surface area contributed by atoms with Crippen molar-refractivity contribution in [3.63, 3.8) is 0 Å². The second kappa shape index (κ2) is 17.8. The minimum absolute atomic E-state index is 0.293. The molecular formula is C28H50O15. The van der Waals surface area contributed by atoms with Crippen molar-refractivity contribution < 1.29 is 74.1 Å². The van der Waals surface area contributed by atoms with Crippen LogP contribution < -0.4 is 0 Å². The minimum atomic E-state index is -1.88. The smallest absolute Gasteiger partial charge is 0.311 e. The van der Waals surface area contributed by atoms with Crippen LogP contribution in [0, 0.1) is 11.8 Å². The number of esters is 2. The molecule has 0 saturated carbocycles. The highest BCUT2D eigenvalue weighted by Gasteiger charge is 2.50.